The molecule has 5 rings (SSSR count). The maximum atomic E-state index is 13.1. The number of esters is 1. The summed E-state index contributed by atoms with van der Waals surface area (Å²) in [5.74, 6) is 0.144. The van der Waals surface area contributed by atoms with Crippen LogP contribution in [0.4, 0.5) is 0 Å². The zero-order valence-corrected chi connectivity index (χ0v) is 17.4. The fourth-order valence-corrected chi connectivity index (χ4v) is 3.55. The highest BCUT2D eigenvalue weighted by atomic mass is 16.5. The third kappa shape index (κ3) is 3.72. The van der Waals surface area contributed by atoms with Gasteiger partial charge in [0.05, 0.1) is 18.5 Å². The minimum atomic E-state index is -0.481. The second-order valence-corrected chi connectivity index (χ2v) is 7.15. The lowest BCUT2D eigenvalue weighted by atomic mass is 10.1. The Bertz CT molecular complexity index is 1360. The van der Waals surface area contributed by atoms with Gasteiger partial charge in [-0.1, -0.05) is 36.4 Å². The molecule has 7 heteroatoms. The third-order valence-electron chi connectivity index (χ3n) is 5.08. The molecule has 0 radical (unpaired) electrons. The summed E-state index contributed by atoms with van der Waals surface area (Å²) < 4.78 is 14.7. The van der Waals surface area contributed by atoms with Gasteiger partial charge in [-0.25, -0.2) is 14.5 Å². The third-order valence-corrected chi connectivity index (χ3v) is 5.08. The number of nitrogens with zero attached hydrogens (tertiary/aromatic N) is 4. The van der Waals surface area contributed by atoms with Crippen molar-refractivity contribution < 1.29 is 14.3 Å². The SMILES string of the molecule is COc1ccccc1-c1nn(-c2ccccc2)cc1C(=O)OCc1cn2ccccc2n1. The maximum Gasteiger partial charge on any atom is 0.342 e. The second kappa shape index (κ2) is 8.39. The Morgan fingerprint density at radius 3 is 2.53 bits per heavy atom. The first-order chi connectivity index (χ1) is 15.7. The number of hydrogen-bond donors (Lipinski definition) is 0. The summed E-state index contributed by atoms with van der Waals surface area (Å²) in [6, 6.07) is 22.8. The summed E-state index contributed by atoms with van der Waals surface area (Å²) in [4.78, 5) is 17.6. The number of carbonyl (C=O) groups excluding carboxylic acids is 1. The van der Waals surface area contributed by atoms with Crippen LogP contribution in [0.1, 0.15) is 16.1 Å². The largest absolute Gasteiger partial charge is 0.496 e. The molecule has 0 saturated carbocycles. The lowest BCUT2D eigenvalue weighted by molar-refractivity contribution is 0.0469. The Kier molecular flexibility index (Phi) is 5.13. The van der Waals surface area contributed by atoms with Crippen molar-refractivity contribution in [3.05, 3.63) is 103 Å². The zero-order chi connectivity index (χ0) is 21.9. The molecule has 7 nitrogen and oxygen atoms in total. The average molecular weight is 424 g/mol. The van der Waals surface area contributed by atoms with Crippen molar-refractivity contribution >= 4 is 11.6 Å². The highest BCUT2D eigenvalue weighted by Gasteiger charge is 2.22. The lowest BCUT2D eigenvalue weighted by Gasteiger charge is -2.07. The van der Waals surface area contributed by atoms with Crippen LogP contribution in [-0.4, -0.2) is 32.2 Å². The second-order valence-electron chi connectivity index (χ2n) is 7.15. The van der Waals surface area contributed by atoms with Gasteiger partial charge in [0.25, 0.3) is 0 Å². The first-order valence-corrected chi connectivity index (χ1v) is 10.1. The van der Waals surface area contributed by atoms with Crippen molar-refractivity contribution in [3.63, 3.8) is 0 Å². The molecule has 0 aliphatic heterocycles. The van der Waals surface area contributed by atoms with Gasteiger partial charge in [-0.15, -0.1) is 0 Å². The summed E-state index contributed by atoms with van der Waals surface area (Å²) in [5.41, 5.74) is 3.85. The smallest absolute Gasteiger partial charge is 0.342 e. The Morgan fingerprint density at radius 1 is 0.938 bits per heavy atom. The molecule has 0 fully saturated rings. The molecular weight excluding hydrogens is 404 g/mol. The molecule has 5 aromatic rings. The van der Waals surface area contributed by atoms with Crippen LogP contribution >= 0.6 is 0 Å². The van der Waals surface area contributed by atoms with Gasteiger partial charge in [0.1, 0.15) is 29.3 Å². The van der Waals surface area contributed by atoms with E-state index in [-0.39, 0.29) is 6.61 Å². The monoisotopic (exact) mass is 424 g/mol. The van der Waals surface area contributed by atoms with Gasteiger partial charge in [0, 0.05) is 24.2 Å². The molecular formula is C25H20N4O3. The summed E-state index contributed by atoms with van der Waals surface area (Å²) >= 11 is 0. The van der Waals surface area contributed by atoms with Crippen molar-refractivity contribution in [2.45, 2.75) is 6.61 Å². The molecule has 0 bridgehead atoms. The molecule has 3 aromatic heterocycles. The van der Waals surface area contributed by atoms with E-state index in [1.807, 2.05) is 89.6 Å². The van der Waals surface area contributed by atoms with E-state index < -0.39 is 5.97 Å². The van der Waals surface area contributed by atoms with Crippen LogP contribution in [0.15, 0.2) is 91.4 Å². The molecule has 0 amide bonds. The van der Waals surface area contributed by atoms with Gasteiger partial charge in [0.15, 0.2) is 0 Å². The van der Waals surface area contributed by atoms with Gasteiger partial charge in [0.2, 0.25) is 0 Å². The van der Waals surface area contributed by atoms with Crippen LogP contribution in [0.3, 0.4) is 0 Å². The molecule has 0 unspecified atom stereocenters. The Labute approximate surface area is 184 Å². The number of benzene rings is 2. The first kappa shape index (κ1) is 19.6. The standard InChI is InChI=1S/C25H20N4O3/c1-31-22-12-6-5-11-20(22)24-21(16-29(27-24)19-9-3-2-4-10-19)25(30)32-17-18-15-28-14-8-7-13-23(28)26-18/h2-16H,17H2,1H3. The van der Waals surface area contributed by atoms with Crippen LogP contribution in [0.25, 0.3) is 22.6 Å². The average Bonchev–Trinajstić information content (AvgIpc) is 3.47. The van der Waals surface area contributed by atoms with Crippen LogP contribution in [0, 0.1) is 0 Å². The molecule has 0 atom stereocenters. The van der Waals surface area contributed by atoms with Crippen molar-refractivity contribution in [2.24, 2.45) is 0 Å². The van der Waals surface area contributed by atoms with Crippen LogP contribution in [-0.2, 0) is 11.3 Å². The van der Waals surface area contributed by atoms with Crippen molar-refractivity contribution in [1.82, 2.24) is 19.2 Å². The van der Waals surface area contributed by atoms with Crippen molar-refractivity contribution in [2.75, 3.05) is 7.11 Å². The van der Waals surface area contributed by atoms with E-state index in [9.17, 15) is 4.79 Å². The molecule has 32 heavy (non-hydrogen) atoms. The van der Waals surface area contributed by atoms with E-state index in [1.54, 1.807) is 18.0 Å². The number of methoxy groups -OCH3 is 1. The van der Waals surface area contributed by atoms with Crippen LogP contribution in [0.2, 0.25) is 0 Å². The Balaban J connectivity index is 1.49. The number of carbonyl (C=O) groups is 1. The van der Waals surface area contributed by atoms with Gasteiger partial charge in [-0.05, 0) is 36.4 Å². The summed E-state index contributed by atoms with van der Waals surface area (Å²) in [5, 5.41) is 4.69. The topological polar surface area (TPSA) is 70.7 Å². The molecule has 0 spiro atoms. The van der Waals surface area contributed by atoms with Gasteiger partial charge in [-0.3, -0.25) is 0 Å². The summed E-state index contributed by atoms with van der Waals surface area (Å²) in [6.45, 7) is 0.0579. The predicted octanol–water partition coefficient (Wildman–Crippen LogP) is 4.55. The fourth-order valence-electron chi connectivity index (χ4n) is 3.55. The number of hydrogen-bond acceptors (Lipinski definition) is 5. The quantitative estimate of drug-likeness (QED) is 0.374. The Morgan fingerprint density at radius 2 is 1.72 bits per heavy atom. The minimum Gasteiger partial charge on any atom is -0.496 e. The lowest BCUT2D eigenvalue weighted by Crippen LogP contribution is -2.06. The normalized spacial score (nSPS) is 10.9. The highest BCUT2D eigenvalue weighted by Crippen LogP contribution is 2.32. The molecule has 0 saturated heterocycles. The van der Waals surface area contributed by atoms with Crippen LogP contribution in [0.5, 0.6) is 5.75 Å². The number of aromatic nitrogens is 4. The molecule has 0 aliphatic carbocycles. The van der Waals surface area contributed by atoms with E-state index in [0.717, 1.165) is 11.3 Å². The van der Waals surface area contributed by atoms with E-state index in [2.05, 4.69) is 10.1 Å². The number of fused-ring (bicyclic) bond motifs is 1. The van der Waals surface area contributed by atoms with E-state index >= 15 is 0 Å². The van der Waals surface area contributed by atoms with E-state index in [4.69, 9.17) is 9.47 Å². The number of rotatable bonds is 6. The highest BCUT2D eigenvalue weighted by molar-refractivity contribution is 5.97. The maximum absolute atomic E-state index is 13.1. The number of para-hydroxylation sites is 2. The summed E-state index contributed by atoms with van der Waals surface area (Å²) in [6.07, 6.45) is 5.43. The number of imidazole rings is 1. The predicted molar refractivity (Wildman–Crippen MR) is 120 cm³/mol. The van der Waals surface area contributed by atoms with Crippen molar-refractivity contribution in [3.8, 4) is 22.7 Å². The van der Waals surface area contributed by atoms with Gasteiger partial charge < -0.3 is 13.9 Å². The Hall–Kier alpha value is -4.39. The molecule has 3 heterocycles. The molecule has 158 valence electrons. The zero-order valence-electron chi connectivity index (χ0n) is 17.4. The van der Waals surface area contributed by atoms with Gasteiger partial charge in [-0.2, -0.15) is 5.10 Å². The summed E-state index contributed by atoms with van der Waals surface area (Å²) in [7, 11) is 1.59. The van der Waals surface area contributed by atoms with Crippen molar-refractivity contribution in [1.29, 1.82) is 0 Å². The number of ether oxygens (including phenoxy) is 2. The molecule has 0 N–H and O–H groups in total. The van der Waals surface area contributed by atoms with E-state index in [0.29, 0.717) is 28.3 Å². The van der Waals surface area contributed by atoms with E-state index in [1.165, 1.54) is 0 Å². The van der Waals surface area contributed by atoms with Crippen LogP contribution < -0.4 is 4.74 Å². The first-order valence-electron chi connectivity index (χ1n) is 10.1. The molecule has 0 aliphatic rings. The minimum absolute atomic E-state index is 0.0579. The molecule has 2 aromatic carbocycles. The van der Waals surface area contributed by atoms with Gasteiger partial charge >= 0.3 is 5.97 Å². The number of pyridine rings is 1. The fraction of sp³-hybridized carbons (Fsp3) is 0.0800.